The summed E-state index contributed by atoms with van der Waals surface area (Å²) in [5.74, 6) is 0.934. The molecule has 4 rings (SSSR count). The number of rotatable bonds is 9. The Hall–Kier alpha value is -2.93. The van der Waals surface area contributed by atoms with Crippen LogP contribution in [0, 0.1) is 0 Å². The van der Waals surface area contributed by atoms with Crippen LogP contribution in [0.4, 0.5) is 0 Å². The second-order valence-electron chi connectivity index (χ2n) is 9.10. The predicted molar refractivity (Wildman–Crippen MR) is 158 cm³/mol. The van der Waals surface area contributed by atoms with E-state index in [4.69, 9.17) is 4.74 Å². The molecule has 37 heavy (non-hydrogen) atoms. The molecule has 2 aromatic heterocycles. The number of piperidine rings is 1. The first-order valence-corrected chi connectivity index (χ1v) is 14.1. The van der Waals surface area contributed by atoms with Gasteiger partial charge in [-0.25, -0.2) is 4.98 Å². The number of aromatic nitrogens is 5. The summed E-state index contributed by atoms with van der Waals surface area (Å²) in [6.07, 6.45) is 16.9. The fourth-order valence-corrected chi connectivity index (χ4v) is 3.58. The quantitative estimate of drug-likeness (QED) is 0.154. The zero-order valence-electron chi connectivity index (χ0n) is 23.9. The van der Waals surface area contributed by atoms with E-state index in [9.17, 15) is 0 Å². The summed E-state index contributed by atoms with van der Waals surface area (Å²) in [7, 11) is 0. The number of ether oxygens (including phenoxy) is 1. The summed E-state index contributed by atoms with van der Waals surface area (Å²) in [5.41, 5.74) is 3.00. The molecule has 0 aliphatic carbocycles. The number of nitrogens with one attached hydrogen (secondary N) is 3. The van der Waals surface area contributed by atoms with Gasteiger partial charge in [0.15, 0.2) is 5.82 Å². The summed E-state index contributed by atoms with van der Waals surface area (Å²) in [6.45, 7) is 17.7. The predicted octanol–water partition coefficient (Wildman–Crippen LogP) is 7.93. The number of H-pyrrole nitrogens is 2. The van der Waals surface area contributed by atoms with E-state index in [0.717, 1.165) is 53.9 Å². The smallest absolute Gasteiger partial charge is 0.155 e. The molecule has 3 aromatic rings. The molecule has 7 heteroatoms. The molecule has 0 saturated carbocycles. The average Bonchev–Trinajstić information content (AvgIpc) is 3.61. The first-order valence-electron chi connectivity index (χ1n) is 14.1. The third kappa shape index (κ3) is 12.7. The van der Waals surface area contributed by atoms with Gasteiger partial charge in [0, 0.05) is 16.9 Å². The van der Waals surface area contributed by atoms with Crippen LogP contribution in [0.5, 0.6) is 0 Å². The Morgan fingerprint density at radius 3 is 2.30 bits per heavy atom. The molecule has 1 aliphatic rings. The van der Waals surface area contributed by atoms with Gasteiger partial charge in [0.2, 0.25) is 0 Å². The Morgan fingerprint density at radius 2 is 1.76 bits per heavy atom. The van der Waals surface area contributed by atoms with Gasteiger partial charge in [-0.1, -0.05) is 60.0 Å². The van der Waals surface area contributed by atoms with Crippen molar-refractivity contribution in [3.8, 4) is 11.4 Å². The number of nitrogens with zero attached hydrogens (tertiary/aromatic N) is 3. The molecule has 3 heterocycles. The molecule has 1 atom stereocenters. The summed E-state index contributed by atoms with van der Waals surface area (Å²) in [4.78, 5) is 4.23. The van der Waals surface area contributed by atoms with Crippen molar-refractivity contribution >= 4 is 10.9 Å². The van der Waals surface area contributed by atoms with Gasteiger partial charge in [-0.15, -0.1) is 6.58 Å². The molecule has 1 fully saturated rings. The van der Waals surface area contributed by atoms with Gasteiger partial charge in [-0.3, -0.25) is 10.2 Å². The van der Waals surface area contributed by atoms with Crippen LogP contribution in [0.15, 0.2) is 49.5 Å². The van der Waals surface area contributed by atoms with Crippen LogP contribution in [0.2, 0.25) is 0 Å². The Kier molecular flexibility index (Phi) is 18.4. The van der Waals surface area contributed by atoms with Gasteiger partial charge in [0.25, 0.3) is 0 Å². The zero-order chi connectivity index (χ0) is 27.1. The number of allylic oxidation sites excluding steroid dienone is 2. The molecule has 0 amide bonds. The van der Waals surface area contributed by atoms with Crippen molar-refractivity contribution in [3.63, 3.8) is 0 Å². The van der Waals surface area contributed by atoms with E-state index in [2.05, 4.69) is 84.0 Å². The monoisotopic (exact) mass is 510 g/mol. The number of hydrogen-bond donors (Lipinski definition) is 3. The first kappa shape index (κ1) is 32.1. The summed E-state index contributed by atoms with van der Waals surface area (Å²) < 4.78 is 5.52. The topological polar surface area (TPSA) is 91.5 Å². The maximum absolute atomic E-state index is 5.52. The van der Waals surface area contributed by atoms with Crippen LogP contribution in [-0.4, -0.2) is 45.1 Å². The largest absolute Gasteiger partial charge is 0.502 e. The SMILES string of the molecule is C1CCNCC1.C=CCCC(/C=C/OCCC)c1[nH]nc2ccc(-c3ncn[nH]3)cc12.CCC.CCC. The lowest BCUT2D eigenvalue weighted by atomic mass is 9.96. The second kappa shape index (κ2) is 21.2. The van der Waals surface area contributed by atoms with Crippen LogP contribution >= 0.6 is 0 Å². The lowest BCUT2D eigenvalue weighted by Gasteiger charge is -2.11. The Morgan fingerprint density at radius 1 is 1.03 bits per heavy atom. The maximum atomic E-state index is 5.52. The lowest BCUT2D eigenvalue weighted by molar-refractivity contribution is 0.248. The highest BCUT2D eigenvalue weighted by atomic mass is 16.5. The standard InChI is InChI=1S/C19H23N5O.C5H11N.2C3H8/c1-3-5-6-14(9-11-25-10-4-2)18-16-12-15(19-20-13-21-24-19)7-8-17(16)22-23-18;1-2-4-6-5-3-1;2*1-3-2/h3,7-9,11-14H,1,4-6,10H2,2H3,(H,22,23)(H,20,21,24);6H,1-5H2;2*3H2,1-2H3/b11-9+;;;. The van der Waals surface area contributed by atoms with E-state index < -0.39 is 0 Å². The van der Waals surface area contributed by atoms with Crippen molar-refractivity contribution in [3.05, 3.63) is 55.2 Å². The number of benzene rings is 1. The highest BCUT2D eigenvalue weighted by Crippen LogP contribution is 2.30. The third-order valence-corrected chi connectivity index (χ3v) is 5.26. The fourth-order valence-electron chi connectivity index (χ4n) is 3.58. The van der Waals surface area contributed by atoms with Crippen molar-refractivity contribution in [1.29, 1.82) is 0 Å². The lowest BCUT2D eigenvalue weighted by Crippen LogP contribution is -2.21. The molecule has 1 saturated heterocycles. The van der Waals surface area contributed by atoms with Crippen molar-refractivity contribution in [2.75, 3.05) is 19.7 Å². The van der Waals surface area contributed by atoms with E-state index in [0.29, 0.717) is 0 Å². The Labute approximate surface area is 224 Å². The zero-order valence-corrected chi connectivity index (χ0v) is 23.9. The third-order valence-electron chi connectivity index (χ3n) is 5.26. The number of hydrogen-bond acceptors (Lipinski definition) is 5. The van der Waals surface area contributed by atoms with Crippen LogP contribution in [-0.2, 0) is 4.74 Å². The molecular formula is C30H50N6O. The van der Waals surface area contributed by atoms with Crippen molar-refractivity contribution in [2.24, 2.45) is 0 Å². The minimum absolute atomic E-state index is 0.185. The molecular weight excluding hydrogens is 460 g/mol. The van der Waals surface area contributed by atoms with Crippen molar-refractivity contribution in [1.82, 2.24) is 30.7 Å². The van der Waals surface area contributed by atoms with Crippen LogP contribution in [0.3, 0.4) is 0 Å². The van der Waals surface area contributed by atoms with Gasteiger partial charge < -0.3 is 10.1 Å². The molecule has 0 spiro atoms. The summed E-state index contributed by atoms with van der Waals surface area (Å²) in [5, 5.41) is 18.8. The molecule has 1 aromatic carbocycles. The molecule has 3 N–H and O–H groups in total. The first-order chi connectivity index (χ1) is 18.2. The molecule has 7 nitrogen and oxygen atoms in total. The van der Waals surface area contributed by atoms with Crippen molar-refractivity contribution in [2.45, 2.75) is 91.9 Å². The Bertz CT molecular complexity index is 946. The molecule has 1 aliphatic heterocycles. The van der Waals surface area contributed by atoms with Crippen LogP contribution < -0.4 is 5.32 Å². The van der Waals surface area contributed by atoms with E-state index in [1.54, 1.807) is 6.26 Å². The second-order valence-corrected chi connectivity index (χ2v) is 9.10. The number of aromatic amines is 2. The van der Waals surface area contributed by atoms with Gasteiger partial charge in [0.1, 0.15) is 6.33 Å². The summed E-state index contributed by atoms with van der Waals surface area (Å²) in [6, 6.07) is 6.08. The highest BCUT2D eigenvalue weighted by Gasteiger charge is 2.15. The van der Waals surface area contributed by atoms with Crippen LogP contribution in [0.25, 0.3) is 22.3 Å². The van der Waals surface area contributed by atoms with Gasteiger partial charge >= 0.3 is 0 Å². The van der Waals surface area contributed by atoms with E-state index in [-0.39, 0.29) is 5.92 Å². The average molecular weight is 511 g/mol. The molecule has 206 valence electrons. The van der Waals surface area contributed by atoms with Gasteiger partial charge in [0.05, 0.1) is 24.1 Å². The molecule has 1 unspecified atom stereocenters. The van der Waals surface area contributed by atoms with Crippen molar-refractivity contribution < 1.29 is 4.74 Å². The number of fused-ring (bicyclic) bond motifs is 1. The normalized spacial score (nSPS) is 13.4. The van der Waals surface area contributed by atoms with Gasteiger partial charge in [-0.2, -0.15) is 10.2 Å². The Balaban J connectivity index is 0.000000474. The van der Waals surface area contributed by atoms with Crippen LogP contribution in [0.1, 0.15) is 97.6 Å². The summed E-state index contributed by atoms with van der Waals surface area (Å²) >= 11 is 0. The van der Waals surface area contributed by atoms with E-state index in [1.807, 2.05) is 18.2 Å². The minimum atomic E-state index is 0.185. The fraction of sp³-hybridized carbons (Fsp3) is 0.567. The maximum Gasteiger partial charge on any atom is 0.155 e. The van der Waals surface area contributed by atoms with E-state index in [1.165, 1.54) is 51.5 Å². The van der Waals surface area contributed by atoms with Gasteiger partial charge in [-0.05, 0) is 69.5 Å². The minimum Gasteiger partial charge on any atom is -0.502 e. The molecule has 0 bridgehead atoms. The highest BCUT2D eigenvalue weighted by molar-refractivity contribution is 5.86. The molecule has 0 radical (unpaired) electrons. The van der Waals surface area contributed by atoms with E-state index >= 15 is 0 Å².